The van der Waals surface area contributed by atoms with Crippen LogP contribution in [-0.2, 0) is 13.3 Å². The van der Waals surface area contributed by atoms with Gasteiger partial charge in [-0.25, -0.2) is 0 Å². The molecule has 0 aromatic rings. The van der Waals surface area contributed by atoms with Crippen LogP contribution in [-0.4, -0.2) is 33.1 Å². The monoisotopic (exact) mass is 556 g/mol. The van der Waals surface area contributed by atoms with Gasteiger partial charge < -0.3 is 13.3 Å². The molecule has 0 bridgehead atoms. The fraction of sp³-hybridized carbons (Fsp3) is 1.00. The van der Waals surface area contributed by atoms with E-state index in [4.69, 9.17) is 13.3 Å². The molecule has 0 aromatic heterocycles. The fourth-order valence-corrected chi connectivity index (χ4v) is 7.31. The van der Waals surface area contributed by atoms with Crippen LogP contribution in [0.4, 0.5) is 0 Å². The van der Waals surface area contributed by atoms with Crippen molar-refractivity contribution >= 4 is 31.4 Å². The van der Waals surface area contributed by atoms with Gasteiger partial charge in [0.1, 0.15) is 0 Å². The fourth-order valence-electron chi connectivity index (χ4n) is 4.09. The molecule has 0 radical (unpaired) electrons. The van der Waals surface area contributed by atoms with Gasteiger partial charge >= 0.3 is 8.80 Å². The quantitative estimate of drug-likeness (QED) is 0.0486. The first-order valence-corrected chi connectivity index (χ1v) is 16.7. The number of hydrogen-bond acceptors (Lipinski definition) is 3. The predicted molar refractivity (Wildman–Crippen MR) is 143 cm³/mol. The molecular formula is C25H53IO3Si. The molecule has 0 N–H and O–H groups in total. The first-order chi connectivity index (χ1) is 14.7. The number of unbranched alkanes of at least 4 members (excludes halogenated alkanes) is 16. The molecule has 5 heteroatoms. The number of alkyl halides is 1. The van der Waals surface area contributed by atoms with Gasteiger partial charge in [-0.2, -0.15) is 0 Å². The Morgan fingerprint density at radius 3 is 0.967 bits per heavy atom. The van der Waals surface area contributed by atoms with Crippen LogP contribution < -0.4 is 0 Å². The van der Waals surface area contributed by atoms with E-state index in [9.17, 15) is 0 Å². The van der Waals surface area contributed by atoms with Crippen molar-refractivity contribution in [2.75, 3.05) is 24.2 Å². The SMILES string of the molecule is CCO[Si](CCCCCCCCCCCCCCCCCCCI)(OCC)OCC. The van der Waals surface area contributed by atoms with Crippen LogP contribution in [0.25, 0.3) is 0 Å². The van der Waals surface area contributed by atoms with Gasteiger partial charge in [-0.3, -0.25) is 0 Å². The highest BCUT2D eigenvalue weighted by Crippen LogP contribution is 2.21. The molecular weight excluding hydrogens is 503 g/mol. The van der Waals surface area contributed by atoms with Crippen LogP contribution >= 0.6 is 22.6 Å². The third-order valence-corrected chi connectivity index (χ3v) is 9.62. The molecule has 182 valence electrons. The van der Waals surface area contributed by atoms with E-state index in [1.165, 1.54) is 114 Å². The summed E-state index contributed by atoms with van der Waals surface area (Å²) in [5, 5.41) is 0. The summed E-state index contributed by atoms with van der Waals surface area (Å²) in [7, 11) is -2.41. The number of rotatable bonds is 25. The molecule has 0 fully saturated rings. The van der Waals surface area contributed by atoms with Crippen molar-refractivity contribution in [2.24, 2.45) is 0 Å². The third kappa shape index (κ3) is 19.5. The van der Waals surface area contributed by atoms with Crippen molar-refractivity contribution in [3.8, 4) is 0 Å². The first kappa shape index (κ1) is 30.8. The highest BCUT2D eigenvalue weighted by molar-refractivity contribution is 14.1. The minimum Gasteiger partial charge on any atom is -0.374 e. The smallest absolute Gasteiger partial charge is 0.374 e. The first-order valence-electron chi connectivity index (χ1n) is 13.2. The molecule has 0 unspecified atom stereocenters. The molecule has 0 aliphatic carbocycles. The molecule has 0 aromatic carbocycles. The van der Waals surface area contributed by atoms with Gasteiger partial charge in [0.2, 0.25) is 0 Å². The topological polar surface area (TPSA) is 27.7 Å². The Morgan fingerprint density at radius 1 is 0.433 bits per heavy atom. The lowest BCUT2D eigenvalue weighted by Crippen LogP contribution is -2.45. The van der Waals surface area contributed by atoms with Gasteiger partial charge in [-0.15, -0.1) is 0 Å². The molecule has 0 saturated heterocycles. The predicted octanol–water partition coefficient (Wildman–Crippen LogP) is 9.10. The van der Waals surface area contributed by atoms with Crippen LogP contribution in [0.15, 0.2) is 0 Å². The summed E-state index contributed by atoms with van der Waals surface area (Å²) in [5.41, 5.74) is 0. The maximum Gasteiger partial charge on any atom is 0.500 e. The van der Waals surface area contributed by atoms with Crippen molar-refractivity contribution in [3.63, 3.8) is 0 Å². The highest BCUT2D eigenvalue weighted by Gasteiger charge is 2.39. The van der Waals surface area contributed by atoms with Gasteiger partial charge in [0.05, 0.1) is 0 Å². The summed E-state index contributed by atoms with van der Waals surface area (Å²) in [4.78, 5) is 0. The lowest BCUT2D eigenvalue weighted by molar-refractivity contribution is 0.0706. The second-order valence-corrected chi connectivity index (χ2v) is 12.2. The maximum absolute atomic E-state index is 5.94. The van der Waals surface area contributed by atoms with E-state index < -0.39 is 8.80 Å². The third-order valence-electron chi connectivity index (χ3n) is 5.71. The van der Waals surface area contributed by atoms with Crippen molar-refractivity contribution in [1.82, 2.24) is 0 Å². The molecule has 0 aliphatic heterocycles. The van der Waals surface area contributed by atoms with Crippen molar-refractivity contribution in [3.05, 3.63) is 0 Å². The Labute approximate surface area is 204 Å². The second-order valence-electron chi connectivity index (χ2n) is 8.43. The lowest BCUT2D eigenvalue weighted by atomic mass is 10.0. The summed E-state index contributed by atoms with van der Waals surface area (Å²) in [6.45, 7) is 8.17. The van der Waals surface area contributed by atoms with E-state index >= 15 is 0 Å². The Hall–Kier alpha value is 0.827. The minimum absolute atomic E-state index is 0.686. The summed E-state index contributed by atoms with van der Waals surface area (Å²) in [6, 6.07) is 0.973. The average molecular weight is 557 g/mol. The maximum atomic E-state index is 5.94. The van der Waals surface area contributed by atoms with E-state index in [2.05, 4.69) is 22.6 Å². The summed E-state index contributed by atoms with van der Waals surface area (Å²) < 4.78 is 19.1. The summed E-state index contributed by atoms with van der Waals surface area (Å²) in [5.74, 6) is 0. The van der Waals surface area contributed by atoms with Crippen LogP contribution in [0.5, 0.6) is 0 Å². The zero-order chi connectivity index (χ0) is 22.2. The largest absolute Gasteiger partial charge is 0.500 e. The Kier molecular flexibility index (Phi) is 25.1. The average Bonchev–Trinajstić information content (AvgIpc) is 2.73. The molecule has 0 aliphatic rings. The van der Waals surface area contributed by atoms with E-state index in [1.54, 1.807) is 0 Å². The molecule has 0 amide bonds. The Balaban J connectivity index is 3.41. The molecule has 0 saturated carbocycles. The summed E-state index contributed by atoms with van der Waals surface area (Å²) >= 11 is 2.49. The van der Waals surface area contributed by atoms with Gasteiger partial charge in [-0.05, 0) is 38.0 Å². The van der Waals surface area contributed by atoms with Crippen molar-refractivity contribution < 1.29 is 13.3 Å². The van der Waals surface area contributed by atoms with Crippen LogP contribution in [0.1, 0.15) is 130 Å². The van der Waals surface area contributed by atoms with E-state index in [1.807, 2.05) is 20.8 Å². The Bertz CT molecular complexity index is 314. The van der Waals surface area contributed by atoms with Gasteiger partial charge in [0, 0.05) is 25.9 Å². The van der Waals surface area contributed by atoms with Gasteiger partial charge in [0.25, 0.3) is 0 Å². The summed E-state index contributed by atoms with van der Waals surface area (Å²) in [6.07, 6.45) is 23.9. The molecule has 3 nitrogen and oxygen atoms in total. The highest BCUT2D eigenvalue weighted by atomic mass is 127. The van der Waals surface area contributed by atoms with E-state index in [0.717, 1.165) is 6.04 Å². The molecule has 0 heterocycles. The van der Waals surface area contributed by atoms with Crippen LogP contribution in [0, 0.1) is 0 Å². The van der Waals surface area contributed by atoms with Crippen molar-refractivity contribution in [2.45, 2.75) is 136 Å². The molecule has 30 heavy (non-hydrogen) atoms. The molecule has 0 rings (SSSR count). The minimum atomic E-state index is -2.41. The van der Waals surface area contributed by atoms with Gasteiger partial charge in [0.15, 0.2) is 0 Å². The normalized spacial score (nSPS) is 12.0. The zero-order valence-corrected chi connectivity index (χ0v) is 23.8. The van der Waals surface area contributed by atoms with Crippen LogP contribution in [0.3, 0.4) is 0 Å². The van der Waals surface area contributed by atoms with Crippen molar-refractivity contribution in [1.29, 1.82) is 0 Å². The van der Waals surface area contributed by atoms with E-state index in [-0.39, 0.29) is 0 Å². The van der Waals surface area contributed by atoms with Crippen LogP contribution in [0.2, 0.25) is 6.04 Å². The number of halogens is 1. The number of hydrogen-bond donors (Lipinski definition) is 0. The second kappa shape index (κ2) is 24.5. The Morgan fingerprint density at radius 2 is 0.700 bits per heavy atom. The molecule has 0 spiro atoms. The van der Waals surface area contributed by atoms with E-state index in [0.29, 0.717) is 19.8 Å². The zero-order valence-electron chi connectivity index (χ0n) is 20.7. The lowest BCUT2D eigenvalue weighted by Gasteiger charge is -2.28. The van der Waals surface area contributed by atoms with Gasteiger partial charge in [-0.1, -0.05) is 119 Å². The standard InChI is InChI=1S/C25H53IO3Si/c1-4-27-30(28-5-2,29-6-3)25-23-21-19-17-15-13-11-9-7-8-10-12-14-16-18-20-22-24-26/h4-25H2,1-3H3. The molecule has 0 atom stereocenters.